The van der Waals surface area contributed by atoms with Crippen LogP contribution in [-0.4, -0.2) is 40.5 Å². The van der Waals surface area contributed by atoms with Crippen molar-refractivity contribution in [2.75, 3.05) is 6.61 Å². The van der Waals surface area contributed by atoms with Gasteiger partial charge >= 0.3 is 5.97 Å². The number of carboxylic acid groups (broad SMARTS) is 1. The normalized spacial score (nSPS) is 11.9. The van der Waals surface area contributed by atoms with Crippen LogP contribution in [0.3, 0.4) is 0 Å². The first-order valence-electron chi connectivity index (χ1n) is 10.2. The number of unbranched alkanes of at least 4 members (excludes halogenated alkanes) is 1. The molecule has 0 fully saturated rings. The molecule has 0 saturated heterocycles. The van der Waals surface area contributed by atoms with Crippen LogP contribution in [0.1, 0.15) is 42.6 Å². The van der Waals surface area contributed by atoms with Crippen molar-refractivity contribution in [3.8, 4) is 5.75 Å². The third-order valence-electron chi connectivity index (χ3n) is 4.49. The van der Waals surface area contributed by atoms with Gasteiger partial charge in [0.25, 0.3) is 17.5 Å². The molecule has 0 aliphatic heterocycles. The summed E-state index contributed by atoms with van der Waals surface area (Å²) in [5.74, 6) is -2.14. The topological polar surface area (TPSA) is 148 Å². The van der Waals surface area contributed by atoms with Gasteiger partial charge in [-0.1, -0.05) is 25.5 Å². The van der Waals surface area contributed by atoms with E-state index in [1.54, 1.807) is 12.1 Å². The lowest BCUT2D eigenvalue weighted by Crippen LogP contribution is -2.42. The van der Waals surface area contributed by atoms with Gasteiger partial charge in [-0.2, -0.15) is 0 Å². The summed E-state index contributed by atoms with van der Waals surface area (Å²) in [5, 5.41) is 24.8. The predicted molar refractivity (Wildman–Crippen MR) is 121 cm³/mol. The molecule has 0 saturated carbocycles. The molecule has 3 N–H and O–H groups in total. The number of amides is 2. The number of carboxylic acids is 1. The third-order valence-corrected chi connectivity index (χ3v) is 4.49. The van der Waals surface area contributed by atoms with E-state index in [1.807, 2.05) is 6.92 Å². The van der Waals surface area contributed by atoms with E-state index < -0.39 is 28.7 Å². The molecule has 1 atom stereocenters. The Balaban J connectivity index is 2.27. The molecule has 0 bridgehead atoms. The first-order valence-corrected chi connectivity index (χ1v) is 10.2. The molecule has 0 aromatic heterocycles. The minimum absolute atomic E-state index is 0.201. The summed E-state index contributed by atoms with van der Waals surface area (Å²) in [6.07, 6.45) is 3.12. The van der Waals surface area contributed by atoms with E-state index in [4.69, 9.17) is 9.84 Å². The number of nitrogens with zero attached hydrogens (tertiary/aromatic N) is 1. The summed E-state index contributed by atoms with van der Waals surface area (Å²) in [6.45, 7) is 3.87. The van der Waals surface area contributed by atoms with E-state index >= 15 is 0 Å². The van der Waals surface area contributed by atoms with Crippen LogP contribution in [0.25, 0.3) is 6.08 Å². The average Bonchev–Trinajstić information content (AvgIpc) is 2.79. The van der Waals surface area contributed by atoms with Crippen LogP contribution in [0, 0.1) is 10.1 Å². The molecule has 0 aliphatic carbocycles. The lowest BCUT2D eigenvalue weighted by Gasteiger charge is -2.14. The number of carbonyl (C=O) groups excluding carboxylic acids is 2. The second-order valence-electron chi connectivity index (χ2n) is 7.12. The van der Waals surface area contributed by atoms with Gasteiger partial charge in [0.2, 0.25) is 0 Å². The molecule has 2 aromatic rings. The number of hydrogen-bond acceptors (Lipinski definition) is 6. The van der Waals surface area contributed by atoms with Crippen LogP contribution in [0.5, 0.6) is 5.75 Å². The van der Waals surface area contributed by atoms with E-state index in [-0.39, 0.29) is 22.5 Å². The van der Waals surface area contributed by atoms with E-state index in [1.165, 1.54) is 49.4 Å². The highest BCUT2D eigenvalue weighted by molar-refractivity contribution is 6.06. The third kappa shape index (κ3) is 7.76. The summed E-state index contributed by atoms with van der Waals surface area (Å²) >= 11 is 0. The molecule has 1 unspecified atom stereocenters. The van der Waals surface area contributed by atoms with Gasteiger partial charge in [0.1, 0.15) is 17.5 Å². The van der Waals surface area contributed by atoms with Gasteiger partial charge in [-0.15, -0.1) is 0 Å². The number of ether oxygens (including phenoxy) is 1. The molecule has 33 heavy (non-hydrogen) atoms. The van der Waals surface area contributed by atoms with Crippen molar-refractivity contribution in [2.45, 2.75) is 32.7 Å². The van der Waals surface area contributed by atoms with Crippen molar-refractivity contribution in [1.29, 1.82) is 0 Å². The number of hydrogen-bond donors (Lipinski definition) is 3. The molecule has 174 valence electrons. The Bertz CT molecular complexity index is 1050. The summed E-state index contributed by atoms with van der Waals surface area (Å²) in [7, 11) is 0. The first-order chi connectivity index (χ1) is 15.7. The van der Waals surface area contributed by atoms with Crippen LogP contribution < -0.4 is 15.4 Å². The van der Waals surface area contributed by atoms with Gasteiger partial charge in [0.15, 0.2) is 0 Å². The number of carbonyl (C=O) groups is 3. The van der Waals surface area contributed by atoms with E-state index in [9.17, 15) is 24.5 Å². The second-order valence-corrected chi connectivity index (χ2v) is 7.12. The van der Waals surface area contributed by atoms with E-state index in [0.29, 0.717) is 12.4 Å². The van der Waals surface area contributed by atoms with E-state index in [2.05, 4.69) is 10.6 Å². The number of nitro benzene ring substituents is 1. The zero-order chi connectivity index (χ0) is 24.4. The maximum absolute atomic E-state index is 12.7. The molecule has 0 spiro atoms. The van der Waals surface area contributed by atoms with Crippen LogP contribution in [-0.2, 0) is 9.59 Å². The quantitative estimate of drug-likeness (QED) is 0.204. The Morgan fingerprint density at radius 1 is 1.18 bits per heavy atom. The molecular weight excluding hydrogens is 430 g/mol. The van der Waals surface area contributed by atoms with Crippen molar-refractivity contribution in [2.24, 2.45) is 0 Å². The van der Waals surface area contributed by atoms with Crippen LogP contribution in [0.15, 0.2) is 54.2 Å². The van der Waals surface area contributed by atoms with Crippen molar-refractivity contribution in [3.05, 3.63) is 75.5 Å². The van der Waals surface area contributed by atoms with Gasteiger partial charge in [-0.05, 0) is 49.2 Å². The standard InChI is InChI=1S/C23H25N3O7/c1-3-4-12-33-19-10-8-17(9-11-19)21(27)25-20(22(28)24-15(2)23(29)30)14-16-6-5-7-18(13-16)26(31)32/h5-11,13-15H,3-4,12H2,1-2H3,(H,24,28)(H,25,27)(H,29,30)/b20-14+. The van der Waals surface area contributed by atoms with Gasteiger partial charge in [-0.25, -0.2) is 0 Å². The first kappa shape index (κ1) is 25.1. The molecule has 10 heteroatoms. The lowest BCUT2D eigenvalue weighted by molar-refractivity contribution is -0.384. The highest BCUT2D eigenvalue weighted by Gasteiger charge is 2.20. The molecule has 2 aromatic carbocycles. The number of nitrogens with one attached hydrogen (secondary N) is 2. The number of rotatable bonds is 11. The fraction of sp³-hybridized carbons (Fsp3) is 0.261. The van der Waals surface area contributed by atoms with Crippen molar-refractivity contribution >= 4 is 29.5 Å². The fourth-order valence-electron chi connectivity index (χ4n) is 2.62. The summed E-state index contributed by atoms with van der Waals surface area (Å²) in [6, 6.07) is 10.5. The maximum atomic E-state index is 12.7. The van der Waals surface area contributed by atoms with Crippen molar-refractivity contribution in [3.63, 3.8) is 0 Å². The van der Waals surface area contributed by atoms with Gasteiger partial charge in [0, 0.05) is 17.7 Å². The Morgan fingerprint density at radius 3 is 2.48 bits per heavy atom. The molecule has 2 rings (SSSR count). The zero-order valence-electron chi connectivity index (χ0n) is 18.2. The zero-order valence-corrected chi connectivity index (χ0v) is 18.2. The summed E-state index contributed by atoms with van der Waals surface area (Å²) in [5.41, 5.74) is 0.0448. The number of non-ortho nitro benzene ring substituents is 1. The monoisotopic (exact) mass is 455 g/mol. The SMILES string of the molecule is CCCCOc1ccc(C(=O)N/C(=C/c2cccc([N+](=O)[O-])c2)C(=O)NC(C)C(=O)O)cc1. The molecule has 2 amide bonds. The average molecular weight is 455 g/mol. The summed E-state index contributed by atoms with van der Waals surface area (Å²) in [4.78, 5) is 46.9. The number of nitro groups is 1. The van der Waals surface area contributed by atoms with E-state index in [0.717, 1.165) is 12.8 Å². The van der Waals surface area contributed by atoms with Gasteiger partial charge in [-0.3, -0.25) is 24.5 Å². The molecule has 0 aliphatic rings. The Labute approximate surface area is 190 Å². The van der Waals surface area contributed by atoms with Gasteiger partial charge < -0.3 is 20.5 Å². The number of benzene rings is 2. The molecular formula is C23H25N3O7. The fourth-order valence-corrected chi connectivity index (χ4v) is 2.62. The summed E-state index contributed by atoms with van der Waals surface area (Å²) < 4.78 is 5.56. The van der Waals surface area contributed by atoms with Crippen LogP contribution in [0.2, 0.25) is 0 Å². The van der Waals surface area contributed by atoms with Crippen LogP contribution in [0.4, 0.5) is 5.69 Å². The largest absolute Gasteiger partial charge is 0.494 e. The highest BCUT2D eigenvalue weighted by atomic mass is 16.6. The minimum atomic E-state index is -1.26. The smallest absolute Gasteiger partial charge is 0.325 e. The lowest BCUT2D eigenvalue weighted by atomic mass is 10.1. The van der Waals surface area contributed by atoms with Crippen molar-refractivity contribution < 1.29 is 29.2 Å². The Kier molecular flexibility index (Phi) is 9.10. The molecule has 10 nitrogen and oxygen atoms in total. The molecule has 0 radical (unpaired) electrons. The van der Waals surface area contributed by atoms with Crippen molar-refractivity contribution in [1.82, 2.24) is 10.6 Å². The second kappa shape index (κ2) is 12.0. The van der Waals surface area contributed by atoms with Gasteiger partial charge in [0.05, 0.1) is 11.5 Å². The number of aliphatic carboxylic acids is 1. The Morgan fingerprint density at radius 2 is 1.88 bits per heavy atom. The minimum Gasteiger partial charge on any atom is -0.494 e. The molecule has 0 heterocycles. The van der Waals surface area contributed by atoms with Crippen LogP contribution >= 0.6 is 0 Å². The maximum Gasteiger partial charge on any atom is 0.325 e. The predicted octanol–water partition coefficient (Wildman–Crippen LogP) is 3.13. The highest BCUT2D eigenvalue weighted by Crippen LogP contribution is 2.17. The Hall–Kier alpha value is -4.21.